The fourth-order valence-corrected chi connectivity index (χ4v) is 4.44. The second-order valence-electron chi connectivity index (χ2n) is 8.72. The van der Waals surface area contributed by atoms with Gasteiger partial charge in [0.05, 0.1) is 17.4 Å². The van der Waals surface area contributed by atoms with Gasteiger partial charge in [-0.2, -0.15) is 0 Å². The lowest BCUT2D eigenvalue weighted by atomic mass is 9.82. The van der Waals surface area contributed by atoms with Crippen molar-refractivity contribution < 1.29 is 9.53 Å². The largest absolute Gasteiger partial charge is 0.439 e. The molecule has 6 nitrogen and oxygen atoms in total. The van der Waals surface area contributed by atoms with Crippen LogP contribution < -0.4 is 14.7 Å². The number of aromatic nitrogens is 1. The van der Waals surface area contributed by atoms with Crippen molar-refractivity contribution in [2.24, 2.45) is 0 Å². The van der Waals surface area contributed by atoms with Crippen LogP contribution >= 0.6 is 0 Å². The lowest BCUT2D eigenvalue weighted by molar-refractivity contribution is 0.0243. The average Bonchev–Trinajstić information content (AvgIpc) is 3.13. The van der Waals surface area contributed by atoms with Crippen LogP contribution in [0.1, 0.15) is 41.0 Å². The highest BCUT2D eigenvalue weighted by molar-refractivity contribution is 5.96. The summed E-state index contributed by atoms with van der Waals surface area (Å²) < 4.78 is 6.25. The molecule has 0 fully saturated rings. The highest BCUT2D eigenvalue weighted by Crippen LogP contribution is 2.47. The molecule has 0 spiro atoms. The summed E-state index contributed by atoms with van der Waals surface area (Å²) in [6.45, 7) is 5.88. The van der Waals surface area contributed by atoms with Gasteiger partial charge in [0.25, 0.3) is 0 Å². The number of nitrogens with zero attached hydrogens (tertiary/aromatic N) is 4. The molecule has 0 aliphatic carbocycles. The summed E-state index contributed by atoms with van der Waals surface area (Å²) in [5.74, 6) is -0.347. The minimum atomic E-state index is -1.09. The van der Waals surface area contributed by atoms with Gasteiger partial charge in [-0.15, -0.1) is 0 Å². The summed E-state index contributed by atoms with van der Waals surface area (Å²) in [6.07, 6.45) is 1.85. The third kappa shape index (κ3) is 3.80. The summed E-state index contributed by atoms with van der Waals surface area (Å²) in [4.78, 5) is 24.3. The SMILES string of the molecule is CCN(CC)c1cnc2c(c1)C(=O)OC2(c1ccc(N(C)C)cc1)c1ccc(N(C)C)cc1. The number of rotatable bonds is 7. The molecule has 172 valence electrons. The Morgan fingerprint density at radius 1 is 0.788 bits per heavy atom. The van der Waals surface area contributed by atoms with Crippen molar-refractivity contribution in [1.29, 1.82) is 0 Å². The van der Waals surface area contributed by atoms with Crippen molar-refractivity contribution in [3.05, 3.63) is 83.2 Å². The van der Waals surface area contributed by atoms with Crippen LogP contribution in [0.2, 0.25) is 0 Å². The molecule has 33 heavy (non-hydrogen) atoms. The van der Waals surface area contributed by atoms with Crippen molar-refractivity contribution >= 4 is 23.0 Å². The van der Waals surface area contributed by atoms with Crippen LogP contribution in [-0.4, -0.2) is 52.2 Å². The zero-order chi connectivity index (χ0) is 23.8. The number of fused-ring (bicyclic) bond motifs is 1. The molecular formula is C27H32N4O2. The first-order chi connectivity index (χ1) is 15.8. The van der Waals surface area contributed by atoms with Gasteiger partial charge in [-0.25, -0.2) is 4.79 Å². The minimum absolute atomic E-state index is 0.347. The van der Waals surface area contributed by atoms with Crippen molar-refractivity contribution in [3.8, 4) is 0 Å². The lowest BCUT2D eigenvalue weighted by Crippen LogP contribution is -2.30. The number of benzene rings is 2. The molecule has 1 aliphatic rings. The number of carbonyl (C=O) groups excluding carboxylic acids is 1. The zero-order valence-electron chi connectivity index (χ0n) is 20.3. The Morgan fingerprint density at radius 3 is 1.70 bits per heavy atom. The average molecular weight is 445 g/mol. The number of hydrogen-bond donors (Lipinski definition) is 0. The molecule has 2 heterocycles. The Bertz CT molecular complexity index is 1080. The Balaban J connectivity index is 1.92. The minimum Gasteiger partial charge on any atom is -0.439 e. The number of cyclic esters (lactones) is 1. The number of pyridine rings is 1. The van der Waals surface area contributed by atoms with Gasteiger partial charge < -0.3 is 19.4 Å². The second-order valence-corrected chi connectivity index (χ2v) is 8.72. The van der Waals surface area contributed by atoms with Gasteiger partial charge in [0.1, 0.15) is 5.69 Å². The highest BCUT2D eigenvalue weighted by atomic mass is 16.6. The van der Waals surface area contributed by atoms with E-state index in [9.17, 15) is 4.79 Å². The van der Waals surface area contributed by atoms with Gasteiger partial charge in [0.2, 0.25) is 5.60 Å². The van der Waals surface area contributed by atoms with Crippen LogP contribution in [0.3, 0.4) is 0 Å². The molecule has 4 rings (SSSR count). The first kappa shape index (κ1) is 22.6. The van der Waals surface area contributed by atoms with Gasteiger partial charge in [-0.3, -0.25) is 4.98 Å². The second kappa shape index (κ2) is 8.77. The van der Waals surface area contributed by atoms with Gasteiger partial charge in [-0.1, -0.05) is 24.3 Å². The van der Waals surface area contributed by atoms with Crippen LogP contribution in [-0.2, 0) is 10.3 Å². The third-order valence-corrected chi connectivity index (χ3v) is 6.38. The van der Waals surface area contributed by atoms with E-state index in [1.807, 2.05) is 98.8 Å². The van der Waals surface area contributed by atoms with Crippen LogP contribution in [0.15, 0.2) is 60.8 Å². The smallest absolute Gasteiger partial charge is 0.341 e. The van der Waals surface area contributed by atoms with E-state index in [1.54, 1.807) is 0 Å². The van der Waals surface area contributed by atoms with Crippen LogP contribution in [0, 0.1) is 0 Å². The number of esters is 1. The molecule has 0 radical (unpaired) electrons. The molecule has 0 saturated carbocycles. The maximum atomic E-state index is 13.2. The molecule has 0 amide bonds. The fourth-order valence-electron chi connectivity index (χ4n) is 4.44. The molecule has 6 heteroatoms. The standard InChI is InChI=1S/C27H32N4O2/c1-7-31(8-2)23-17-24-25(28-18-23)27(33-26(24)32,19-9-13-21(14-10-19)29(3)4)20-11-15-22(16-12-20)30(5)6/h9-18H,7-8H2,1-6H3. The van der Waals surface area contributed by atoms with Crippen LogP contribution in [0.25, 0.3) is 0 Å². The van der Waals surface area contributed by atoms with Gasteiger partial charge >= 0.3 is 5.97 Å². The van der Waals surface area contributed by atoms with Gasteiger partial charge in [0.15, 0.2) is 0 Å². The summed E-state index contributed by atoms with van der Waals surface area (Å²) in [5, 5.41) is 0. The molecule has 0 unspecified atom stereocenters. The summed E-state index contributed by atoms with van der Waals surface area (Å²) in [7, 11) is 8.02. The fraction of sp³-hybridized carbons (Fsp3) is 0.333. The maximum absolute atomic E-state index is 13.2. The lowest BCUT2D eigenvalue weighted by Gasteiger charge is -2.30. The van der Waals surface area contributed by atoms with E-state index in [0.29, 0.717) is 11.3 Å². The van der Waals surface area contributed by atoms with Gasteiger partial charge in [-0.05, 0) is 44.2 Å². The first-order valence-corrected chi connectivity index (χ1v) is 11.4. The van der Waals surface area contributed by atoms with Crippen molar-refractivity contribution in [2.45, 2.75) is 19.4 Å². The Kier molecular flexibility index (Phi) is 6.02. The van der Waals surface area contributed by atoms with Crippen molar-refractivity contribution in [1.82, 2.24) is 4.98 Å². The molecule has 0 bridgehead atoms. The molecule has 0 atom stereocenters. The van der Waals surface area contributed by atoms with E-state index >= 15 is 0 Å². The molecule has 2 aromatic carbocycles. The Labute approximate surface area is 196 Å². The van der Waals surface area contributed by atoms with Crippen molar-refractivity contribution in [3.63, 3.8) is 0 Å². The number of carbonyl (C=O) groups is 1. The summed E-state index contributed by atoms with van der Waals surface area (Å²) in [5.41, 5.74) is 4.90. The Hall–Kier alpha value is -3.54. The normalized spacial score (nSPS) is 13.9. The van der Waals surface area contributed by atoms with E-state index < -0.39 is 5.60 Å². The monoisotopic (exact) mass is 444 g/mol. The summed E-state index contributed by atoms with van der Waals surface area (Å²) >= 11 is 0. The van der Waals surface area contributed by atoms with Crippen LogP contribution in [0.5, 0.6) is 0 Å². The molecule has 1 aromatic heterocycles. The Morgan fingerprint density at radius 2 is 1.27 bits per heavy atom. The molecule has 0 saturated heterocycles. The summed E-state index contributed by atoms with van der Waals surface area (Å²) in [6, 6.07) is 18.2. The van der Waals surface area contributed by atoms with Crippen LogP contribution in [0.4, 0.5) is 17.1 Å². The molecule has 1 aliphatic heterocycles. The van der Waals surface area contributed by atoms with E-state index in [-0.39, 0.29) is 5.97 Å². The number of ether oxygens (including phenoxy) is 1. The number of hydrogen-bond acceptors (Lipinski definition) is 6. The molecule has 0 N–H and O–H groups in total. The zero-order valence-corrected chi connectivity index (χ0v) is 20.3. The van der Waals surface area contributed by atoms with Gasteiger partial charge in [0, 0.05) is 63.8 Å². The predicted molar refractivity (Wildman–Crippen MR) is 135 cm³/mol. The molecular weight excluding hydrogens is 412 g/mol. The first-order valence-electron chi connectivity index (χ1n) is 11.4. The predicted octanol–water partition coefficient (Wildman–Crippen LogP) is 4.52. The van der Waals surface area contributed by atoms with E-state index in [0.717, 1.165) is 41.3 Å². The quantitative estimate of drug-likeness (QED) is 0.500. The van der Waals surface area contributed by atoms with E-state index in [4.69, 9.17) is 9.72 Å². The molecule has 3 aromatic rings. The third-order valence-electron chi connectivity index (χ3n) is 6.38. The van der Waals surface area contributed by atoms with E-state index in [2.05, 4.69) is 18.7 Å². The maximum Gasteiger partial charge on any atom is 0.341 e. The number of anilines is 3. The van der Waals surface area contributed by atoms with E-state index in [1.165, 1.54) is 0 Å². The highest BCUT2D eigenvalue weighted by Gasteiger charge is 2.50. The van der Waals surface area contributed by atoms with Crippen molar-refractivity contribution in [2.75, 3.05) is 56.0 Å². The topological polar surface area (TPSA) is 48.9 Å².